The van der Waals surface area contributed by atoms with E-state index < -0.39 is 87.0 Å². The number of benzene rings is 1. The van der Waals surface area contributed by atoms with Gasteiger partial charge in [-0.2, -0.15) is 0 Å². The van der Waals surface area contributed by atoms with Crippen LogP contribution in [0.5, 0.6) is 5.75 Å². The average molecular weight is 557 g/mol. The number of hydrogen-bond acceptors (Lipinski definition) is 10. The van der Waals surface area contributed by atoms with Crippen molar-refractivity contribution in [2.24, 2.45) is 17.6 Å². The van der Waals surface area contributed by atoms with Crippen LogP contribution in [0.25, 0.3) is 0 Å². The number of Topliss-reactive ketones (excluding diaryl/α,β-unsaturated/α-hetero) is 2. The number of rotatable bonds is 4. The first-order valence-electron chi connectivity index (χ1n) is 13.1. The fourth-order valence-corrected chi connectivity index (χ4v) is 6.58. The topological polar surface area (TPSA) is 188 Å². The van der Waals surface area contributed by atoms with Crippen LogP contribution < -0.4 is 5.73 Å². The van der Waals surface area contributed by atoms with Crippen LogP contribution >= 0.6 is 0 Å². The summed E-state index contributed by atoms with van der Waals surface area (Å²) in [6.07, 6.45) is -1.49. The van der Waals surface area contributed by atoms with Gasteiger partial charge in [0.1, 0.15) is 28.9 Å². The molecule has 0 saturated heterocycles. The highest BCUT2D eigenvalue weighted by Gasteiger charge is 2.68. The molecular weight excluding hydrogens is 520 g/mol. The van der Waals surface area contributed by atoms with Crippen LogP contribution in [0.4, 0.5) is 0 Å². The Balaban J connectivity index is 2.11. The first kappa shape index (κ1) is 29.3. The Morgan fingerprint density at radius 1 is 1.12 bits per heavy atom. The summed E-state index contributed by atoms with van der Waals surface area (Å²) in [5, 5.41) is 46.0. The van der Waals surface area contributed by atoms with Crippen molar-refractivity contribution in [2.45, 2.75) is 70.1 Å². The Hall–Kier alpha value is -3.70. The molecule has 0 radical (unpaired) electrons. The first-order chi connectivity index (χ1) is 18.4. The minimum atomic E-state index is -2.96. The number of phenolic OH excluding ortho intramolecular Hbond substituents is 1. The van der Waals surface area contributed by atoms with Gasteiger partial charge in [0.2, 0.25) is 5.78 Å². The van der Waals surface area contributed by atoms with Gasteiger partial charge >= 0.3 is 5.97 Å². The smallest absolute Gasteiger partial charge is 0.305 e. The van der Waals surface area contributed by atoms with Crippen LogP contribution in [0.3, 0.4) is 0 Å². The summed E-state index contributed by atoms with van der Waals surface area (Å²) in [6.45, 7) is 8.82. The van der Waals surface area contributed by atoms with E-state index in [0.29, 0.717) is 11.1 Å². The zero-order valence-corrected chi connectivity index (χ0v) is 23.6. The standard InChI is InChI=1S/C29H36N2O9/c1-8-14(32)40-24-15-11(2)12-9-10-13(28(3,4)5)21(33)16(12)22(34)17(15)25(36)29(39)19(24)20(31(6)7)23(35)18(26(29)37)27(30)38/h9-11,15,19-20,24,33,35-36,39H,8H2,1-7H3,(H2,30,38)/t11-,15-,19-,20+,24+,29+/m1/s1. The Morgan fingerprint density at radius 2 is 1.73 bits per heavy atom. The van der Waals surface area contributed by atoms with Crippen LogP contribution in [0, 0.1) is 11.8 Å². The molecule has 40 heavy (non-hydrogen) atoms. The number of ketones is 2. The van der Waals surface area contributed by atoms with E-state index in [0.717, 1.165) is 0 Å². The van der Waals surface area contributed by atoms with E-state index in [9.17, 15) is 39.6 Å². The van der Waals surface area contributed by atoms with E-state index >= 15 is 0 Å². The molecule has 4 rings (SSSR count). The van der Waals surface area contributed by atoms with Gasteiger partial charge in [0.15, 0.2) is 11.4 Å². The van der Waals surface area contributed by atoms with Gasteiger partial charge in [0.05, 0.1) is 17.5 Å². The number of esters is 1. The molecule has 0 spiro atoms. The fraction of sp³-hybridized carbons (Fsp3) is 0.517. The molecule has 11 nitrogen and oxygen atoms in total. The third-order valence-corrected chi connectivity index (χ3v) is 8.47. The number of aliphatic hydroxyl groups is 3. The number of aliphatic hydroxyl groups excluding tert-OH is 2. The van der Waals surface area contributed by atoms with Crippen LogP contribution in [0.1, 0.15) is 68.4 Å². The lowest BCUT2D eigenvalue weighted by molar-refractivity contribution is -0.180. The van der Waals surface area contributed by atoms with Gasteiger partial charge in [-0.25, -0.2) is 0 Å². The van der Waals surface area contributed by atoms with Gasteiger partial charge in [-0.1, -0.05) is 46.8 Å². The number of hydrogen-bond donors (Lipinski definition) is 5. The number of nitrogens with zero attached hydrogens (tertiary/aromatic N) is 1. The van der Waals surface area contributed by atoms with Crippen LogP contribution in [-0.2, 0) is 24.5 Å². The van der Waals surface area contributed by atoms with Crippen LogP contribution in [-0.4, -0.2) is 80.6 Å². The van der Waals surface area contributed by atoms with Gasteiger partial charge < -0.3 is 30.9 Å². The second-order valence-corrected chi connectivity index (χ2v) is 12.0. The summed E-state index contributed by atoms with van der Waals surface area (Å²) >= 11 is 0. The van der Waals surface area contributed by atoms with Crippen molar-refractivity contribution < 1.29 is 44.3 Å². The SMILES string of the molecule is CCC(=O)O[C@H]1[C@H]2C(=C(O)[C@]3(O)C(=O)C(C(N)=O)=C(O)[C@@H](N(C)C)[C@H]13)C(=O)c1c(ccc(C(C)(C)C)c1O)[C@H]2C. The molecule has 0 aliphatic heterocycles. The summed E-state index contributed by atoms with van der Waals surface area (Å²) in [6, 6.07) is 2.09. The third-order valence-electron chi connectivity index (χ3n) is 8.47. The van der Waals surface area contributed by atoms with Crippen LogP contribution in [0.2, 0.25) is 0 Å². The number of carbonyl (C=O) groups is 4. The molecule has 6 atom stereocenters. The normalized spacial score (nSPS) is 30.2. The van der Waals surface area contributed by atoms with Gasteiger partial charge in [-0.3, -0.25) is 24.1 Å². The molecule has 0 saturated carbocycles. The lowest BCUT2D eigenvalue weighted by Crippen LogP contribution is -2.69. The molecule has 3 aliphatic carbocycles. The number of fused-ring (bicyclic) bond motifs is 3. The lowest BCUT2D eigenvalue weighted by atomic mass is 9.55. The van der Waals surface area contributed by atoms with Crippen LogP contribution in [0.15, 0.2) is 34.8 Å². The van der Waals surface area contributed by atoms with E-state index in [4.69, 9.17) is 10.5 Å². The highest BCUT2D eigenvalue weighted by Crippen LogP contribution is 2.57. The van der Waals surface area contributed by atoms with Gasteiger partial charge in [0, 0.05) is 23.5 Å². The third kappa shape index (κ3) is 3.86. The molecule has 1 aromatic rings. The Bertz CT molecular complexity index is 1400. The Kier molecular flexibility index (Phi) is 6.92. The predicted octanol–water partition coefficient (Wildman–Crippen LogP) is 1.91. The highest BCUT2D eigenvalue weighted by molar-refractivity contribution is 6.25. The lowest BCUT2D eigenvalue weighted by Gasteiger charge is -2.54. The maximum Gasteiger partial charge on any atom is 0.305 e. The molecule has 0 bridgehead atoms. The van der Waals surface area contributed by atoms with Crippen molar-refractivity contribution in [1.82, 2.24) is 4.90 Å². The molecule has 3 aliphatic rings. The maximum atomic E-state index is 14.1. The maximum absolute atomic E-state index is 14.1. The average Bonchev–Trinajstić information content (AvgIpc) is 2.84. The van der Waals surface area contributed by atoms with Gasteiger partial charge in [-0.05, 0) is 31.0 Å². The molecule has 0 fully saturated rings. The molecule has 6 N–H and O–H groups in total. The summed E-state index contributed by atoms with van der Waals surface area (Å²) < 4.78 is 5.82. The molecule has 0 heterocycles. The number of ether oxygens (including phenoxy) is 1. The first-order valence-corrected chi connectivity index (χ1v) is 13.1. The summed E-state index contributed by atoms with van der Waals surface area (Å²) in [4.78, 5) is 54.2. The van der Waals surface area contributed by atoms with E-state index in [1.165, 1.54) is 19.0 Å². The van der Waals surface area contributed by atoms with E-state index in [1.54, 1.807) is 26.0 Å². The van der Waals surface area contributed by atoms with E-state index in [-0.39, 0.29) is 17.7 Å². The second-order valence-electron chi connectivity index (χ2n) is 12.0. The number of nitrogens with two attached hydrogens (primary N) is 1. The number of phenols is 1. The fourth-order valence-electron chi connectivity index (χ4n) is 6.58. The van der Waals surface area contributed by atoms with Crippen molar-refractivity contribution in [3.05, 3.63) is 51.5 Å². The number of carbonyl (C=O) groups excluding carboxylic acids is 4. The molecule has 1 amide bonds. The van der Waals surface area contributed by atoms with Crippen molar-refractivity contribution >= 4 is 23.4 Å². The number of aromatic hydroxyl groups is 1. The summed E-state index contributed by atoms with van der Waals surface area (Å²) in [5.41, 5.74) is 1.35. The molecule has 0 aromatic heterocycles. The number of primary amides is 1. The number of amides is 1. The molecule has 11 heteroatoms. The summed E-state index contributed by atoms with van der Waals surface area (Å²) in [5.74, 6) is -9.65. The number of likely N-dealkylation sites (N-methyl/N-ethyl adjacent to an activating group) is 1. The molecule has 0 unspecified atom stereocenters. The van der Waals surface area contributed by atoms with Gasteiger partial charge in [0.25, 0.3) is 5.91 Å². The Morgan fingerprint density at radius 3 is 2.23 bits per heavy atom. The second kappa shape index (κ2) is 9.45. The molecular formula is C29H36N2O9. The Labute approximate surface area is 231 Å². The summed E-state index contributed by atoms with van der Waals surface area (Å²) in [7, 11) is 3.00. The van der Waals surface area contributed by atoms with Crippen molar-refractivity contribution in [1.29, 1.82) is 0 Å². The van der Waals surface area contributed by atoms with Crippen molar-refractivity contribution in [3.63, 3.8) is 0 Å². The monoisotopic (exact) mass is 556 g/mol. The highest BCUT2D eigenvalue weighted by atomic mass is 16.5. The van der Waals surface area contributed by atoms with Crippen molar-refractivity contribution in [2.75, 3.05) is 14.1 Å². The predicted molar refractivity (Wildman–Crippen MR) is 143 cm³/mol. The zero-order chi connectivity index (χ0) is 30.2. The molecule has 216 valence electrons. The quantitative estimate of drug-likeness (QED) is 0.271. The van der Waals surface area contributed by atoms with Crippen molar-refractivity contribution in [3.8, 4) is 5.75 Å². The van der Waals surface area contributed by atoms with Gasteiger partial charge in [-0.15, -0.1) is 0 Å². The van der Waals surface area contributed by atoms with E-state index in [2.05, 4.69) is 0 Å². The largest absolute Gasteiger partial charge is 0.510 e. The minimum absolute atomic E-state index is 0.0804. The van der Waals surface area contributed by atoms with E-state index in [1.807, 2.05) is 20.8 Å². The molecule has 1 aromatic carbocycles. The minimum Gasteiger partial charge on any atom is -0.510 e. The zero-order valence-electron chi connectivity index (χ0n) is 23.6.